The second kappa shape index (κ2) is 12.7. The number of rotatable bonds is 7. The van der Waals surface area contributed by atoms with Crippen LogP contribution in [0.3, 0.4) is 0 Å². The molecular formula is C17H27IO. The van der Waals surface area contributed by atoms with Crippen LogP contribution in [-0.2, 0) is 9.49 Å². The molecule has 1 rings (SSSR count). The number of allylic oxidation sites excluding steroid dienone is 1. The molecule has 2 atom stereocenters. The van der Waals surface area contributed by atoms with Gasteiger partial charge in [0.2, 0.25) is 0 Å². The van der Waals surface area contributed by atoms with Crippen molar-refractivity contribution >= 4 is 23.0 Å². The number of hydrogen-bond donors (Lipinski definition) is 0. The van der Waals surface area contributed by atoms with E-state index in [2.05, 4.69) is 56.3 Å². The molecule has 0 saturated carbocycles. The van der Waals surface area contributed by atoms with Crippen LogP contribution in [0.15, 0.2) is 42.5 Å². The van der Waals surface area contributed by atoms with Gasteiger partial charge in [-0.05, 0) is 31.7 Å². The highest BCUT2D eigenvalue weighted by Gasteiger charge is 2.17. The SMILES string of the molecule is C/C=C/C(CC)C(CCc1ccccc1)OI.CC. The summed E-state index contributed by atoms with van der Waals surface area (Å²) in [5.74, 6) is 0.528. The van der Waals surface area contributed by atoms with E-state index in [1.165, 1.54) is 5.56 Å². The Morgan fingerprint density at radius 2 is 1.84 bits per heavy atom. The fourth-order valence-corrected chi connectivity index (χ4v) is 2.68. The maximum Gasteiger partial charge on any atom is 0.110 e. The molecule has 0 aliphatic heterocycles. The summed E-state index contributed by atoms with van der Waals surface area (Å²) in [7, 11) is 0. The summed E-state index contributed by atoms with van der Waals surface area (Å²) in [6, 6.07) is 10.6. The Labute approximate surface area is 133 Å². The minimum Gasteiger partial charge on any atom is -0.312 e. The third-order valence-corrected chi connectivity index (χ3v) is 3.72. The normalized spacial score (nSPS) is 13.7. The van der Waals surface area contributed by atoms with E-state index in [4.69, 9.17) is 3.07 Å². The zero-order chi connectivity index (χ0) is 14.5. The van der Waals surface area contributed by atoms with Crippen molar-refractivity contribution in [2.24, 2.45) is 5.92 Å². The van der Waals surface area contributed by atoms with Crippen LogP contribution >= 0.6 is 23.0 Å². The Morgan fingerprint density at radius 1 is 1.21 bits per heavy atom. The standard InChI is InChI=1S/C15H21IO.C2H6/c1-3-8-14(4-2)15(17-16)12-11-13-9-6-5-7-10-13;1-2/h3,5-10,14-15H,4,11-12H2,1-2H3;1-2H3/b8-3+;. The molecule has 0 amide bonds. The van der Waals surface area contributed by atoms with Crippen molar-refractivity contribution in [3.8, 4) is 0 Å². The summed E-state index contributed by atoms with van der Waals surface area (Å²) in [6.45, 7) is 8.29. The first-order chi connectivity index (χ1) is 9.31. The van der Waals surface area contributed by atoms with Gasteiger partial charge in [-0.3, -0.25) is 0 Å². The van der Waals surface area contributed by atoms with E-state index in [0.717, 1.165) is 19.3 Å². The topological polar surface area (TPSA) is 9.23 Å². The highest BCUT2D eigenvalue weighted by molar-refractivity contribution is 14.1. The second-order valence-corrected chi connectivity index (χ2v) is 4.76. The summed E-state index contributed by atoms with van der Waals surface area (Å²) < 4.78 is 5.60. The van der Waals surface area contributed by atoms with E-state index < -0.39 is 0 Å². The van der Waals surface area contributed by atoms with Crippen molar-refractivity contribution in [3.05, 3.63) is 48.0 Å². The van der Waals surface area contributed by atoms with Gasteiger partial charge in [0.1, 0.15) is 23.0 Å². The number of aryl methyl sites for hydroxylation is 1. The van der Waals surface area contributed by atoms with Crippen LogP contribution < -0.4 is 0 Å². The first-order valence-electron chi connectivity index (χ1n) is 7.26. The smallest absolute Gasteiger partial charge is 0.110 e. The molecule has 0 N–H and O–H groups in total. The lowest BCUT2D eigenvalue weighted by Crippen LogP contribution is -2.19. The summed E-state index contributed by atoms with van der Waals surface area (Å²) in [5.41, 5.74) is 1.39. The Kier molecular flexibility index (Phi) is 12.4. The van der Waals surface area contributed by atoms with Gasteiger partial charge in [0.15, 0.2) is 0 Å². The minimum atomic E-state index is 0.317. The molecule has 1 nitrogen and oxygen atoms in total. The lowest BCUT2D eigenvalue weighted by atomic mass is 9.94. The molecule has 2 heteroatoms. The van der Waals surface area contributed by atoms with Crippen LogP contribution in [0.5, 0.6) is 0 Å². The zero-order valence-corrected chi connectivity index (χ0v) is 14.8. The van der Waals surface area contributed by atoms with Crippen molar-refractivity contribution in [2.45, 2.75) is 53.1 Å². The van der Waals surface area contributed by atoms with E-state index in [1.54, 1.807) is 0 Å². The molecule has 0 bridgehead atoms. The van der Waals surface area contributed by atoms with Gasteiger partial charge in [0.25, 0.3) is 0 Å². The first kappa shape index (κ1) is 18.7. The van der Waals surface area contributed by atoms with E-state index in [0.29, 0.717) is 12.0 Å². The molecule has 0 spiro atoms. The molecule has 2 unspecified atom stereocenters. The van der Waals surface area contributed by atoms with Crippen molar-refractivity contribution in [1.82, 2.24) is 0 Å². The van der Waals surface area contributed by atoms with Gasteiger partial charge < -0.3 is 3.07 Å². The number of hydrogen-bond acceptors (Lipinski definition) is 1. The maximum atomic E-state index is 5.60. The van der Waals surface area contributed by atoms with Gasteiger partial charge in [-0.2, -0.15) is 0 Å². The molecule has 0 heterocycles. The van der Waals surface area contributed by atoms with Gasteiger partial charge in [-0.1, -0.05) is 63.3 Å². The fraction of sp³-hybridized carbons (Fsp3) is 0.529. The molecular weight excluding hydrogens is 347 g/mol. The van der Waals surface area contributed by atoms with Crippen LogP contribution in [0.1, 0.15) is 46.1 Å². The molecule has 0 aliphatic rings. The van der Waals surface area contributed by atoms with Crippen LogP contribution in [-0.4, -0.2) is 6.10 Å². The lowest BCUT2D eigenvalue weighted by molar-refractivity contribution is 0.205. The Bertz CT molecular complexity index is 321. The number of halogens is 1. The van der Waals surface area contributed by atoms with Gasteiger partial charge >= 0.3 is 0 Å². The highest BCUT2D eigenvalue weighted by atomic mass is 127. The van der Waals surface area contributed by atoms with Crippen LogP contribution in [0.2, 0.25) is 0 Å². The average Bonchev–Trinajstić information content (AvgIpc) is 2.49. The van der Waals surface area contributed by atoms with Gasteiger partial charge in [0.05, 0.1) is 6.10 Å². The molecule has 0 radical (unpaired) electrons. The summed E-state index contributed by atoms with van der Waals surface area (Å²) >= 11 is 2.04. The molecule has 1 aromatic carbocycles. The van der Waals surface area contributed by atoms with Crippen LogP contribution in [0.4, 0.5) is 0 Å². The quantitative estimate of drug-likeness (QED) is 0.421. The first-order valence-corrected chi connectivity index (χ1v) is 8.14. The van der Waals surface area contributed by atoms with E-state index in [9.17, 15) is 0 Å². The second-order valence-electron chi connectivity index (χ2n) is 4.25. The van der Waals surface area contributed by atoms with Gasteiger partial charge in [-0.15, -0.1) is 0 Å². The third-order valence-electron chi connectivity index (χ3n) is 3.06. The van der Waals surface area contributed by atoms with E-state index in [1.807, 2.05) is 36.9 Å². The predicted molar refractivity (Wildman–Crippen MR) is 93.6 cm³/mol. The monoisotopic (exact) mass is 374 g/mol. The van der Waals surface area contributed by atoms with Crippen molar-refractivity contribution in [3.63, 3.8) is 0 Å². The minimum absolute atomic E-state index is 0.317. The molecule has 0 fully saturated rings. The largest absolute Gasteiger partial charge is 0.312 e. The third kappa shape index (κ3) is 7.73. The molecule has 108 valence electrons. The Hall–Kier alpha value is -0.350. The Morgan fingerprint density at radius 3 is 2.32 bits per heavy atom. The molecule has 1 aromatic rings. The van der Waals surface area contributed by atoms with Crippen LogP contribution in [0, 0.1) is 5.92 Å². The molecule has 19 heavy (non-hydrogen) atoms. The summed E-state index contributed by atoms with van der Waals surface area (Å²) in [6.07, 6.45) is 8.00. The van der Waals surface area contributed by atoms with Gasteiger partial charge in [0, 0.05) is 5.92 Å². The van der Waals surface area contributed by atoms with E-state index >= 15 is 0 Å². The molecule has 0 saturated heterocycles. The van der Waals surface area contributed by atoms with Gasteiger partial charge in [-0.25, -0.2) is 0 Å². The van der Waals surface area contributed by atoms with Crippen LogP contribution in [0.25, 0.3) is 0 Å². The zero-order valence-electron chi connectivity index (χ0n) is 12.6. The highest BCUT2D eigenvalue weighted by Crippen LogP contribution is 2.21. The number of benzene rings is 1. The fourth-order valence-electron chi connectivity index (χ4n) is 2.05. The van der Waals surface area contributed by atoms with Crippen molar-refractivity contribution < 1.29 is 3.07 Å². The van der Waals surface area contributed by atoms with Crippen molar-refractivity contribution in [2.75, 3.05) is 0 Å². The van der Waals surface area contributed by atoms with E-state index in [-0.39, 0.29) is 0 Å². The maximum absolute atomic E-state index is 5.60. The van der Waals surface area contributed by atoms with Crippen molar-refractivity contribution in [1.29, 1.82) is 0 Å². The molecule has 0 aliphatic carbocycles. The summed E-state index contributed by atoms with van der Waals surface area (Å²) in [4.78, 5) is 0. The average molecular weight is 374 g/mol. The lowest BCUT2D eigenvalue weighted by Gasteiger charge is -2.21. The Balaban J connectivity index is 0.00000154. The molecule has 0 aromatic heterocycles. The summed E-state index contributed by atoms with van der Waals surface area (Å²) in [5, 5.41) is 0. The predicted octanol–water partition coefficient (Wildman–Crippen LogP) is 5.98.